The van der Waals surface area contributed by atoms with Gasteiger partial charge in [-0.1, -0.05) is 97.1 Å². The third-order valence-corrected chi connectivity index (χ3v) is 9.65. The van der Waals surface area contributed by atoms with Crippen LogP contribution in [0.15, 0.2) is 152 Å². The Morgan fingerprint density at radius 1 is 0.800 bits per heavy atom. The number of pyridine rings is 1. The smallest absolute Gasteiger partial charge is 0.319 e. The maximum atomic E-state index is 12.9. The summed E-state index contributed by atoms with van der Waals surface area (Å²) in [4.78, 5) is 19.7. The lowest BCUT2D eigenvalue weighted by Crippen LogP contribution is -2.38. The summed E-state index contributed by atoms with van der Waals surface area (Å²) in [6.07, 6.45) is 2.62. The minimum atomic E-state index is -0.556. The van der Waals surface area contributed by atoms with Crippen molar-refractivity contribution in [2.24, 2.45) is 0 Å². The van der Waals surface area contributed by atoms with Crippen molar-refractivity contribution in [1.29, 1.82) is 0 Å². The first-order valence-corrected chi connectivity index (χ1v) is 18.6. The molecule has 0 spiro atoms. The number of carbonyl (C=O) groups excluding carboxylic acids is 1. The molecule has 3 atom stereocenters. The Kier molecular flexibility index (Phi) is 12.6. The number of ether oxygens (including phenoxy) is 3. The number of aromatic nitrogens is 1. The van der Waals surface area contributed by atoms with Crippen LogP contribution in [0.5, 0.6) is 11.5 Å². The summed E-state index contributed by atoms with van der Waals surface area (Å²) in [7, 11) is 2.12. The van der Waals surface area contributed by atoms with Crippen LogP contribution in [-0.4, -0.2) is 47.3 Å². The third-order valence-electron chi connectivity index (χ3n) is 9.65. The van der Waals surface area contributed by atoms with Gasteiger partial charge < -0.3 is 34.9 Å². The Bertz CT molecular complexity index is 2100. The summed E-state index contributed by atoms with van der Waals surface area (Å²) < 4.78 is 19.1. The number of nitrogens with one attached hydrogen (secondary N) is 2. The number of aliphatic hydroxyl groups is 1. The second kappa shape index (κ2) is 18.5. The number of rotatable bonds is 14. The van der Waals surface area contributed by atoms with Gasteiger partial charge in [-0.25, -0.2) is 4.79 Å². The number of carbonyl (C=O) groups is 1. The van der Waals surface area contributed by atoms with E-state index in [-0.39, 0.29) is 24.8 Å². The van der Waals surface area contributed by atoms with Gasteiger partial charge in [-0.3, -0.25) is 4.98 Å². The molecule has 1 aromatic heterocycles. The van der Waals surface area contributed by atoms with Crippen LogP contribution in [0.25, 0.3) is 11.1 Å². The SMILES string of the molecule is CN(CCc1ccccn1)C[C@H]1C[C@@H](c2ccc(CO)cc2)O[C@@H](c2ccc(-c3ccccc3CNC(=O)Nc3ccc(Oc4ccccc4)cc3)cc2)O1. The predicted molar refractivity (Wildman–Crippen MR) is 215 cm³/mol. The second-order valence-corrected chi connectivity index (χ2v) is 13.7. The van der Waals surface area contributed by atoms with Gasteiger partial charge in [0.05, 0.1) is 18.8 Å². The highest BCUT2D eigenvalue weighted by Gasteiger charge is 2.33. The van der Waals surface area contributed by atoms with Crippen LogP contribution >= 0.6 is 0 Å². The van der Waals surface area contributed by atoms with E-state index in [1.54, 1.807) is 0 Å². The van der Waals surface area contributed by atoms with Gasteiger partial charge in [-0.2, -0.15) is 0 Å². The maximum Gasteiger partial charge on any atom is 0.319 e. The molecule has 1 fully saturated rings. The Morgan fingerprint density at radius 3 is 2.25 bits per heavy atom. The summed E-state index contributed by atoms with van der Waals surface area (Å²) in [6, 6.07) is 46.8. The normalized spacial score (nSPS) is 16.7. The minimum Gasteiger partial charge on any atom is -0.457 e. The van der Waals surface area contributed by atoms with Crippen LogP contribution in [-0.2, 0) is 29.0 Å². The lowest BCUT2D eigenvalue weighted by atomic mass is 9.97. The molecule has 5 aromatic carbocycles. The number of anilines is 1. The zero-order valence-electron chi connectivity index (χ0n) is 30.9. The number of urea groups is 1. The number of hydrogen-bond acceptors (Lipinski definition) is 7. The van der Waals surface area contributed by atoms with Crippen molar-refractivity contribution in [3.05, 3.63) is 180 Å². The number of aliphatic hydroxyl groups excluding tert-OH is 1. The average molecular weight is 735 g/mol. The third kappa shape index (κ3) is 10.4. The van der Waals surface area contributed by atoms with Gasteiger partial charge in [0.1, 0.15) is 11.5 Å². The molecule has 2 amide bonds. The number of hydrogen-bond donors (Lipinski definition) is 3. The molecule has 3 N–H and O–H groups in total. The van der Waals surface area contributed by atoms with Gasteiger partial charge >= 0.3 is 6.03 Å². The molecule has 280 valence electrons. The van der Waals surface area contributed by atoms with E-state index in [0.717, 1.165) is 64.3 Å². The first-order valence-electron chi connectivity index (χ1n) is 18.6. The molecule has 0 unspecified atom stereocenters. The van der Waals surface area contributed by atoms with Crippen LogP contribution in [0.2, 0.25) is 0 Å². The van der Waals surface area contributed by atoms with Gasteiger partial charge in [0.25, 0.3) is 0 Å². The van der Waals surface area contributed by atoms with E-state index in [0.29, 0.717) is 24.4 Å². The van der Waals surface area contributed by atoms with E-state index in [4.69, 9.17) is 14.2 Å². The molecule has 0 aliphatic carbocycles. The van der Waals surface area contributed by atoms with Crippen LogP contribution in [0, 0.1) is 0 Å². The second-order valence-electron chi connectivity index (χ2n) is 13.7. The van der Waals surface area contributed by atoms with Crippen LogP contribution in [0.3, 0.4) is 0 Å². The molecule has 9 nitrogen and oxygen atoms in total. The first kappa shape index (κ1) is 37.5. The lowest BCUT2D eigenvalue weighted by molar-refractivity contribution is -0.252. The van der Waals surface area contributed by atoms with Crippen molar-refractivity contribution >= 4 is 11.7 Å². The van der Waals surface area contributed by atoms with E-state index in [2.05, 4.69) is 64.0 Å². The highest BCUT2D eigenvalue weighted by Crippen LogP contribution is 2.39. The van der Waals surface area contributed by atoms with Crippen LogP contribution < -0.4 is 15.4 Å². The van der Waals surface area contributed by atoms with Crippen molar-refractivity contribution in [1.82, 2.24) is 15.2 Å². The van der Waals surface area contributed by atoms with Gasteiger partial charge in [0.15, 0.2) is 6.29 Å². The van der Waals surface area contributed by atoms with Gasteiger partial charge in [0.2, 0.25) is 0 Å². The molecule has 2 heterocycles. The van der Waals surface area contributed by atoms with Crippen LogP contribution in [0.1, 0.15) is 46.8 Å². The molecule has 0 radical (unpaired) electrons. The fraction of sp³-hybridized carbons (Fsp3) is 0.217. The summed E-state index contributed by atoms with van der Waals surface area (Å²) >= 11 is 0. The van der Waals surface area contributed by atoms with Gasteiger partial charge in [-0.15, -0.1) is 0 Å². The summed E-state index contributed by atoms with van der Waals surface area (Å²) in [6.45, 7) is 1.96. The Hall–Kier alpha value is -5.84. The molecular formula is C46H46N4O5. The average Bonchev–Trinajstić information content (AvgIpc) is 3.24. The van der Waals surface area contributed by atoms with Crippen molar-refractivity contribution in [3.63, 3.8) is 0 Å². The minimum absolute atomic E-state index is 0.000448. The fourth-order valence-corrected chi connectivity index (χ4v) is 6.68. The zero-order chi connectivity index (χ0) is 37.8. The van der Waals surface area contributed by atoms with E-state index in [1.807, 2.05) is 115 Å². The molecule has 7 rings (SSSR count). The standard InChI is InChI=1S/C46H46N4O5/c1-50(28-26-38-10-7-8-27-47-38)31-42-29-44(35-16-14-33(32-51)15-17-35)55-45(54-42)36-20-18-34(19-21-36)43-13-6-5-9-37(43)30-48-46(52)49-39-22-24-41(25-23-39)53-40-11-3-2-4-12-40/h2-25,27,42,44-45,51H,26,28-32H2,1H3,(H2,48,49,52)/t42-,44+,45+/m1/s1. The lowest BCUT2D eigenvalue weighted by Gasteiger charge is -2.38. The summed E-state index contributed by atoms with van der Waals surface area (Å²) in [5, 5.41) is 15.5. The molecule has 1 aliphatic rings. The van der Waals surface area contributed by atoms with Crippen molar-refractivity contribution in [2.45, 2.75) is 44.5 Å². The number of para-hydroxylation sites is 1. The highest BCUT2D eigenvalue weighted by molar-refractivity contribution is 5.89. The van der Waals surface area contributed by atoms with E-state index < -0.39 is 6.29 Å². The van der Waals surface area contributed by atoms with Gasteiger partial charge in [0, 0.05) is 55.6 Å². The van der Waals surface area contributed by atoms with Gasteiger partial charge in [-0.05, 0) is 83.4 Å². The largest absolute Gasteiger partial charge is 0.457 e. The number of nitrogens with zero attached hydrogens (tertiary/aromatic N) is 2. The van der Waals surface area contributed by atoms with Crippen molar-refractivity contribution in [3.8, 4) is 22.6 Å². The first-order chi connectivity index (χ1) is 27.0. The van der Waals surface area contributed by atoms with E-state index in [1.165, 1.54) is 0 Å². The Balaban J connectivity index is 0.990. The summed E-state index contributed by atoms with van der Waals surface area (Å²) in [5.41, 5.74) is 7.62. The molecule has 1 aliphatic heterocycles. The van der Waals surface area contributed by atoms with E-state index >= 15 is 0 Å². The zero-order valence-corrected chi connectivity index (χ0v) is 30.9. The number of likely N-dealkylation sites (N-methyl/N-ethyl adjacent to an activating group) is 1. The van der Waals surface area contributed by atoms with Crippen LogP contribution in [0.4, 0.5) is 10.5 Å². The molecule has 6 aromatic rings. The molecule has 0 bridgehead atoms. The molecule has 1 saturated heterocycles. The number of benzene rings is 5. The summed E-state index contributed by atoms with van der Waals surface area (Å²) in [5.74, 6) is 1.44. The molecular weight excluding hydrogens is 689 g/mol. The Morgan fingerprint density at radius 2 is 1.51 bits per heavy atom. The topological polar surface area (TPSA) is 105 Å². The van der Waals surface area contributed by atoms with Crippen molar-refractivity contribution in [2.75, 3.05) is 25.5 Å². The fourth-order valence-electron chi connectivity index (χ4n) is 6.68. The Labute approximate surface area is 322 Å². The number of amides is 2. The quantitative estimate of drug-likeness (QED) is 0.103. The van der Waals surface area contributed by atoms with E-state index in [9.17, 15) is 9.90 Å². The molecule has 0 saturated carbocycles. The highest BCUT2D eigenvalue weighted by atomic mass is 16.7. The molecule has 55 heavy (non-hydrogen) atoms. The predicted octanol–water partition coefficient (Wildman–Crippen LogP) is 9.07. The maximum absolute atomic E-state index is 12.9. The monoisotopic (exact) mass is 734 g/mol. The van der Waals surface area contributed by atoms with Crippen molar-refractivity contribution < 1.29 is 24.1 Å². The molecule has 9 heteroatoms.